The maximum absolute atomic E-state index is 12.7. The Balaban J connectivity index is 2.34. The third-order valence-corrected chi connectivity index (χ3v) is 4.55. The first-order chi connectivity index (χ1) is 13.3. The molecule has 28 heavy (non-hydrogen) atoms. The molecule has 1 atom stereocenters. The van der Waals surface area contributed by atoms with Crippen molar-refractivity contribution in [1.29, 1.82) is 0 Å². The molecule has 8 nitrogen and oxygen atoms in total. The summed E-state index contributed by atoms with van der Waals surface area (Å²) in [5.41, 5.74) is 1.35. The summed E-state index contributed by atoms with van der Waals surface area (Å²) in [7, 11) is 1.49. The molecule has 2 rings (SSSR count). The van der Waals surface area contributed by atoms with Gasteiger partial charge in [0.1, 0.15) is 6.61 Å². The van der Waals surface area contributed by atoms with E-state index in [1.165, 1.54) is 12.0 Å². The highest BCUT2D eigenvalue weighted by Gasteiger charge is 2.36. The Morgan fingerprint density at radius 3 is 2.54 bits per heavy atom. The van der Waals surface area contributed by atoms with Crippen molar-refractivity contribution >= 4 is 29.6 Å². The van der Waals surface area contributed by atoms with E-state index in [2.05, 4.69) is 5.32 Å². The molecule has 0 spiro atoms. The van der Waals surface area contributed by atoms with Crippen LogP contribution in [0.3, 0.4) is 0 Å². The molecule has 0 fully saturated rings. The topological polar surface area (TPSA) is 108 Å². The Kier molecular flexibility index (Phi) is 7.83. The molecule has 0 aliphatic carbocycles. The van der Waals surface area contributed by atoms with E-state index >= 15 is 0 Å². The van der Waals surface area contributed by atoms with Crippen LogP contribution < -0.4 is 10.4 Å². The highest BCUT2D eigenvalue weighted by Crippen LogP contribution is 2.32. The van der Waals surface area contributed by atoms with Crippen LogP contribution in [0.4, 0.5) is 4.79 Å². The maximum atomic E-state index is 12.7. The Labute approximate surface area is 168 Å². The Morgan fingerprint density at radius 1 is 1.25 bits per heavy atom. The molecule has 1 N–H and O–H groups in total. The number of nitrogens with one attached hydrogen (secondary N) is 1. The molecule has 1 heterocycles. The van der Waals surface area contributed by atoms with E-state index in [1.807, 2.05) is 0 Å². The van der Waals surface area contributed by atoms with Gasteiger partial charge in [0.15, 0.2) is 0 Å². The van der Waals surface area contributed by atoms with Crippen molar-refractivity contribution in [2.75, 3.05) is 26.9 Å². The quantitative estimate of drug-likeness (QED) is 0.488. The van der Waals surface area contributed by atoms with Gasteiger partial charge in [-0.3, -0.25) is 4.90 Å². The van der Waals surface area contributed by atoms with Gasteiger partial charge in [0.05, 0.1) is 18.2 Å². The number of urea groups is 1. The Bertz CT molecular complexity index is 762. The molecule has 0 radical (unpaired) electrons. The van der Waals surface area contributed by atoms with E-state index in [1.54, 1.807) is 31.2 Å². The normalized spacial score (nSPS) is 16.8. The average molecular weight is 410 g/mol. The average Bonchev–Trinajstić information content (AvgIpc) is 2.64. The van der Waals surface area contributed by atoms with Crippen molar-refractivity contribution in [3.8, 4) is 0 Å². The van der Waals surface area contributed by atoms with Gasteiger partial charge in [0.25, 0.3) is 0 Å². The molecule has 2 amide bonds. The molecule has 0 saturated heterocycles. The first kappa shape index (κ1) is 21.7. The zero-order chi connectivity index (χ0) is 20.7. The van der Waals surface area contributed by atoms with E-state index in [4.69, 9.17) is 21.1 Å². The molecule has 1 aliphatic heterocycles. The second-order valence-corrected chi connectivity index (χ2v) is 6.63. The minimum atomic E-state index is -1.20. The summed E-state index contributed by atoms with van der Waals surface area (Å²) in [4.78, 5) is 37.3. The number of amides is 2. The molecule has 0 unspecified atom stereocenters. The number of aliphatic carboxylic acids is 1. The summed E-state index contributed by atoms with van der Waals surface area (Å²) < 4.78 is 10.2. The number of halogens is 1. The van der Waals surface area contributed by atoms with Crippen LogP contribution in [-0.2, 0) is 19.1 Å². The van der Waals surface area contributed by atoms with Crippen LogP contribution in [0.2, 0.25) is 5.02 Å². The summed E-state index contributed by atoms with van der Waals surface area (Å²) in [6.45, 7) is 2.07. The summed E-state index contributed by atoms with van der Waals surface area (Å²) in [5, 5.41) is 14.0. The van der Waals surface area contributed by atoms with Gasteiger partial charge < -0.3 is 24.7 Å². The van der Waals surface area contributed by atoms with Gasteiger partial charge in [-0.1, -0.05) is 23.7 Å². The number of hydrogen-bond acceptors (Lipinski definition) is 6. The number of methoxy groups -OCH3 is 1. The van der Waals surface area contributed by atoms with E-state index < -0.39 is 24.0 Å². The van der Waals surface area contributed by atoms with Gasteiger partial charge in [0, 0.05) is 30.3 Å². The fourth-order valence-corrected chi connectivity index (χ4v) is 3.02. The first-order valence-electron chi connectivity index (χ1n) is 8.75. The van der Waals surface area contributed by atoms with E-state index in [-0.39, 0.29) is 38.2 Å². The number of hydrogen-bond donors (Lipinski definition) is 1. The van der Waals surface area contributed by atoms with Crippen molar-refractivity contribution < 1.29 is 29.0 Å². The number of benzene rings is 1. The predicted octanol–water partition coefficient (Wildman–Crippen LogP) is 1.40. The zero-order valence-corrected chi connectivity index (χ0v) is 16.5. The number of rotatable bonds is 9. The molecule has 1 aromatic carbocycles. The van der Waals surface area contributed by atoms with Crippen LogP contribution in [0.25, 0.3) is 0 Å². The van der Waals surface area contributed by atoms with Crippen LogP contribution in [0, 0.1) is 0 Å². The van der Waals surface area contributed by atoms with Crippen LogP contribution in [-0.4, -0.2) is 49.7 Å². The van der Waals surface area contributed by atoms with Gasteiger partial charge in [-0.15, -0.1) is 0 Å². The number of carboxylic acids is 1. The number of carbonyl (C=O) groups is 3. The molecule has 0 saturated carbocycles. The molecule has 1 aliphatic rings. The lowest BCUT2D eigenvalue weighted by Crippen LogP contribution is -2.48. The number of ether oxygens (including phenoxy) is 2. The zero-order valence-electron chi connectivity index (χ0n) is 15.7. The van der Waals surface area contributed by atoms with Gasteiger partial charge in [-0.2, -0.15) is 0 Å². The summed E-state index contributed by atoms with van der Waals surface area (Å²) in [6, 6.07) is 5.63. The third kappa shape index (κ3) is 5.46. The van der Waals surface area contributed by atoms with Gasteiger partial charge >= 0.3 is 12.0 Å². The first-order valence-corrected chi connectivity index (χ1v) is 9.13. The summed E-state index contributed by atoms with van der Waals surface area (Å²) in [6.07, 6.45) is 0.00992. The standard InChI is InChI=1S/C19H23ClN2O6/c1-12-16(18(25)28-11-10-27-2)17(13-5-7-14(20)8-6-13)21-19(26)22(12)9-3-4-15(23)24/h5-8,17H,3-4,9-11H2,1-2H3,(H,21,26)(H,23,24)/p-1/t17-/m1/s1. The molecule has 9 heteroatoms. The summed E-state index contributed by atoms with van der Waals surface area (Å²) >= 11 is 5.93. The largest absolute Gasteiger partial charge is 0.550 e. The molecule has 152 valence electrons. The van der Waals surface area contributed by atoms with Crippen molar-refractivity contribution in [3.05, 3.63) is 46.1 Å². The van der Waals surface area contributed by atoms with Crippen LogP contribution in [0.5, 0.6) is 0 Å². The molecule has 0 bridgehead atoms. The van der Waals surface area contributed by atoms with Crippen molar-refractivity contribution in [2.24, 2.45) is 0 Å². The minimum Gasteiger partial charge on any atom is -0.550 e. The Hall–Kier alpha value is -2.58. The van der Waals surface area contributed by atoms with Crippen LogP contribution in [0.15, 0.2) is 35.5 Å². The molecular formula is C19H22ClN2O6-. The number of allylic oxidation sites excluding steroid dienone is 1. The lowest BCUT2D eigenvalue weighted by Gasteiger charge is -2.35. The lowest BCUT2D eigenvalue weighted by molar-refractivity contribution is -0.305. The molecule has 0 aromatic heterocycles. The van der Waals surface area contributed by atoms with E-state index in [9.17, 15) is 19.5 Å². The van der Waals surface area contributed by atoms with Crippen molar-refractivity contribution in [3.63, 3.8) is 0 Å². The smallest absolute Gasteiger partial charge is 0.338 e. The molecular weight excluding hydrogens is 388 g/mol. The van der Waals surface area contributed by atoms with Gasteiger partial charge in [0.2, 0.25) is 0 Å². The van der Waals surface area contributed by atoms with Crippen molar-refractivity contribution in [2.45, 2.75) is 25.8 Å². The summed E-state index contributed by atoms with van der Waals surface area (Å²) in [5.74, 6) is -1.78. The third-order valence-electron chi connectivity index (χ3n) is 4.30. The van der Waals surface area contributed by atoms with E-state index in [0.717, 1.165) is 0 Å². The number of esters is 1. The number of carboxylic acid groups (broad SMARTS) is 1. The number of nitrogens with zero attached hydrogens (tertiary/aromatic N) is 1. The monoisotopic (exact) mass is 409 g/mol. The Morgan fingerprint density at radius 2 is 1.93 bits per heavy atom. The highest BCUT2D eigenvalue weighted by atomic mass is 35.5. The van der Waals surface area contributed by atoms with Gasteiger partial charge in [-0.25, -0.2) is 9.59 Å². The SMILES string of the molecule is COCCOC(=O)C1=C(C)N(CCCC(=O)[O-])C(=O)N[C@@H]1c1ccc(Cl)cc1. The lowest BCUT2D eigenvalue weighted by atomic mass is 9.95. The van der Waals surface area contributed by atoms with Crippen LogP contribution >= 0.6 is 11.6 Å². The van der Waals surface area contributed by atoms with Crippen LogP contribution in [0.1, 0.15) is 31.4 Å². The second kappa shape index (κ2) is 10.1. The minimum absolute atomic E-state index is 0.0675. The fraction of sp³-hybridized carbons (Fsp3) is 0.421. The highest BCUT2D eigenvalue weighted by molar-refractivity contribution is 6.30. The fourth-order valence-electron chi connectivity index (χ4n) is 2.90. The van der Waals surface area contributed by atoms with Crippen molar-refractivity contribution in [1.82, 2.24) is 10.2 Å². The molecule has 1 aromatic rings. The van der Waals surface area contributed by atoms with E-state index in [0.29, 0.717) is 16.3 Å². The van der Waals surface area contributed by atoms with Gasteiger partial charge in [-0.05, 0) is 37.5 Å². The maximum Gasteiger partial charge on any atom is 0.338 e. The predicted molar refractivity (Wildman–Crippen MR) is 99.2 cm³/mol. The second-order valence-electron chi connectivity index (χ2n) is 6.19. The number of carbonyl (C=O) groups excluding carboxylic acids is 3.